The summed E-state index contributed by atoms with van der Waals surface area (Å²) in [5, 5.41) is 12.8. The van der Waals surface area contributed by atoms with Gasteiger partial charge in [-0.1, -0.05) is 11.6 Å². The van der Waals surface area contributed by atoms with Crippen molar-refractivity contribution in [2.75, 3.05) is 5.32 Å². The number of halogens is 1. The van der Waals surface area contributed by atoms with Gasteiger partial charge in [-0.15, -0.1) is 11.3 Å². The molecular weight excluding hydrogens is 276 g/mol. The average molecular weight is 291 g/mol. The minimum absolute atomic E-state index is 0.190. The Bertz CT molecular complexity index is 640. The van der Waals surface area contributed by atoms with Crippen molar-refractivity contribution in [2.24, 2.45) is 0 Å². The van der Waals surface area contributed by atoms with E-state index in [-0.39, 0.29) is 6.04 Å². The van der Waals surface area contributed by atoms with Gasteiger partial charge in [0.1, 0.15) is 0 Å². The van der Waals surface area contributed by atoms with Crippen LogP contribution in [-0.2, 0) is 0 Å². The number of nitriles is 1. The second-order valence-electron chi connectivity index (χ2n) is 4.54. The molecule has 98 valence electrons. The third-order valence-electron chi connectivity index (χ3n) is 3.02. The molecule has 0 aliphatic carbocycles. The summed E-state index contributed by atoms with van der Waals surface area (Å²) in [7, 11) is 0. The van der Waals surface area contributed by atoms with E-state index in [1.54, 1.807) is 23.5 Å². The van der Waals surface area contributed by atoms with Crippen LogP contribution in [0.15, 0.2) is 24.3 Å². The zero-order valence-electron chi connectivity index (χ0n) is 11.1. The van der Waals surface area contributed by atoms with Crippen molar-refractivity contribution in [3.63, 3.8) is 0 Å². The van der Waals surface area contributed by atoms with Crippen molar-refractivity contribution in [3.8, 4) is 6.07 Å². The molecule has 0 saturated heterocycles. The molecule has 1 unspecified atom stereocenters. The minimum Gasteiger partial charge on any atom is -0.377 e. The Balaban J connectivity index is 2.22. The van der Waals surface area contributed by atoms with Crippen LogP contribution in [0, 0.1) is 25.2 Å². The fourth-order valence-electron chi connectivity index (χ4n) is 2.09. The summed E-state index contributed by atoms with van der Waals surface area (Å²) < 4.78 is 0. The van der Waals surface area contributed by atoms with Crippen LogP contribution in [0.1, 0.15) is 33.8 Å². The lowest BCUT2D eigenvalue weighted by atomic mass is 10.1. The zero-order chi connectivity index (χ0) is 14.0. The molecule has 1 N–H and O–H groups in total. The summed E-state index contributed by atoms with van der Waals surface area (Å²) in [4.78, 5) is 2.63. The van der Waals surface area contributed by atoms with E-state index < -0.39 is 0 Å². The summed E-state index contributed by atoms with van der Waals surface area (Å²) in [6, 6.07) is 9.78. The van der Waals surface area contributed by atoms with E-state index in [2.05, 4.69) is 38.2 Å². The first kappa shape index (κ1) is 13.9. The lowest BCUT2D eigenvalue weighted by Gasteiger charge is -2.16. The van der Waals surface area contributed by atoms with Crippen molar-refractivity contribution in [3.05, 3.63) is 50.2 Å². The fourth-order valence-corrected chi connectivity index (χ4v) is 3.35. The Labute approximate surface area is 122 Å². The molecule has 2 nitrogen and oxygen atoms in total. The molecule has 2 rings (SSSR count). The van der Waals surface area contributed by atoms with Gasteiger partial charge >= 0.3 is 0 Å². The van der Waals surface area contributed by atoms with Crippen LogP contribution in [0.2, 0.25) is 5.02 Å². The highest BCUT2D eigenvalue weighted by atomic mass is 35.5. The van der Waals surface area contributed by atoms with Gasteiger partial charge in [-0.3, -0.25) is 0 Å². The SMILES string of the molecule is Cc1cc(C(C)Nc2ccc(C#N)cc2Cl)c(C)s1. The van der Waals surface area contributed by atoms with E-state index in [9.17, 15) is 0 Å². The van der Waals surface area contributed by atoms with Gasteiger partial charge in [-0.2, -0.15) is 5.26 Å². The fraction of sp³-hybridized carbons (Fsp3) is 0.267. The van der Waals surface area contributed by atoms with Crippen molar-refractivity contribution in [2.45, 2.75) is 26.8 Å². The zero-order valence-corrected chi connectivity index (χ0v) is 12.7. The molecular formula is C15H15ClN2S. The maximum Gasteiger partial charge on any atom is 0.0992 e. The van der Waals surface area contributed by atoms with Crippen LogP contribution >= 0.6 is 22.9 Å². The number of thiophene rings is 1. The van der Waals surface area contributed by atoms with E-state index in [0.717, 1.165) is 5.69 Å². The van der Waals surface area contributed by atoms with Gasteiger partial charge in [-0.25, -0.2) is 0 Å². The maximum atomic E-state index is 8.82. The van der Waals surface area contributed by atoms with Gasteiger partial charge < -0.3 is 5.32 Å². The van der Waals surface area contributed by atoms with E-state index in [1.807, 2.05) is 6.07 Å². The largest absolute Gasteiger partial charge is 0.377 e. The molecule has 0 aliphatic heterocycles. The summed E-state index contributed by atoms with van der Waals surface area (Å²) in [6.45, 7) is 6.36. The molecule has 0 saturated carbocycles. The van der Waals surface area contributed by atoms with Crippen LogP contribution in [0.4, 0.5) is 5.69 Å². The van der Waals surface area contributed by atoms with Crippen LogP contribution in [-0.4, -0.2) is 0 Å². The van der Waals surface area contributed by atoms with E-state index >= 15 is 0 Å². The van der Waals surface area contributed by atoms with Crippen molar-refractivity contribution in [1.82, 2.24) is 0 Å². The summed E-state index contributed by atoms with van der Waals surface area (Å²) in [5.74, 6) is 0. The average Bonchev–Trinajstić information content (AvgIpc) is 2.71. The van der Waals surface area contributed by atoms with Crippen LogP contribution < -0.4 is 5.32 Å². The maximum absolute atomic E-state index is 8.82. The van der Waals surface area contributed by atoms with Crippen molar-refractivity contribution in [1.29, 1.82) is 5.26 Å². The van der Waals surface area contributed by atoms with Gasteiger partial charge in [0.05, 0.1) is 22.3 Å². The Kier molecular flexibility index (Phi) is 4.14. The normalized spacial score (nSPS) is 11.9. The first-order valence-electron chi connectivity index (χ1n) is 6.04. The molecule has 0 spiro atoms. The van der Waals surface area contributed by atoms with Crippen molar-refractivity contribution >= 4 is 28.6 Å². The van der Waals surface area contributed by atoms with E-state index in [1.165, 1.54) is 15.3 Å². The molecule has 2 aromatic rings. The Morgan fingerprint density at radius 3 is 2.58 bits per heavy atom. The first-order valence-corrected chi connectivity index (χ1v) is 7.24. The summed E-state index contributed by atoms with van der Waals surface area (Å²) >= 11 is 7.98. The number of hydrogen-bond acceptors (Lipinski definition) is 3. The third kappa shape index (κ3) is 3.09. The highest BCUT2D eigenvalue weighted by Gasteiger charge is 2.12. The molecule has 0 radical (unpaired) electrons. The number of nitrogens with one attached hydrogen (secondary N) is 1. The van der Waals surface area contributed by atoms with Crippen molar-refractivity contribution < 1.29 is 0 Å². The first-order chi connectivity index (χ1) is 9.01. The Morgan fingerprint density at radius 2 is 2.05 bits per heavy atom. The van der Waals surface area contributed by atoms with Gasteiger partial charge in [0.25, 0.3) is 0 Å². The summed E-state index contributed by atoms with van der Waals surface area (Å²) in [6.07, 6.45) is 0. The lowest BCUT2D eigenvalue weighted by Crippen LogP contribution is -2.07. The second-order valence-corrected chi connectivity index (χ2v) is 6.41. The number of hydrogen-bond donors (Lipinski definition) is 1. The third-order valence-corrected chi connectivity index (χ3v) is 4.31. The number of aryl methyl sites for hydroxylation is 2. The summed E-state index contributed by atoms with van der Waals surface area (Å²) in [5.41, 5.74) is 2.73. The van der Waals surface area contributed by atoms with Crippen LogP contribution in [0.5, 0.6) is 0 Å². The molecule has 1 aromatic carbocycles. The van der Waals surface area contributed by atoms with Crippen LogP contribution in [0.25, 0.3) is 0 Å². The molecule has 1 atom stereocenters. The molecule has 1 aromatic heterocycles. The molecule has 1 heterocycles. The molecule has 0 amide bonds. The molecule has 0 bridgehead atoms. The predicted molar refractivity (Wildman–Crippen MR) is 82.0 cm³/mol. The number of rotatable bonds is 3. The van der Waals surface area contributed by atoms with Gasteiger partial charge in [0, 0.05) is 15.8 Å². The van der Waals surface area contributed by atoms with Gasteiger partial charge in [0.2, 0.25) is 0 Å². The lowest BCUT2D eigenvalue weighted by molar-refractivity contribution is 0.882. The smallest absolute Gasteiger partial charge is 0.0992 e. The quantitative estimate of drug-likeness (QED) is 0.857. The topological polar surface area (TPSA) is 35.8 Å². The highest BCUT2D eigenvalue weighted by Crippen LogP contribution is 2.31. The van der Waals surface area contributed by atoms with Crippen LogP contribution in [0.3, 0.4) is 0 Å². The predicted octanol–water partition coefficient (Wildman–Crippen LogP) is 5.06. The van der Waals surface area contributed by atoms with E-state index in [4.69, 9.17) is 16.9 Å². The minimum atomic E-state index is 0.190. The Hall–Kier alpha value is -1.50. The number of nitrogens with zero attached hydrogens (tertiary/aromatic N) is 1. The molecule has 0 aliphatic rings. The Morgan fingerprint density at radius 1 is 1.32 bits per heavy atom. The van der Waals surface area contributed by atoms with Gasteiger partial charge in [0.15, 0.2) is 0 Å². The standard InChI is InChI=1S/C15H15ClN2S/c1-9-6-13(11(3)19-9)10(2)18-15-5-4-12(8-17)7-14(15)16/h4-7,10,18H,1-3H3. The number of anilines is 1. The molecule has 4 heteroatoms. The molecule has 0 fully saturated rings. The second kappa shape index (κ2) is 5.64. The number of benzene rings is 1. The molecule has 19 heavy (non-hydrogen) atoms. The van der Waals surface area contributed by atoms with E-state index in [0.29, 0.717) is 10.6 Å². The highest BCUT2D eigenvalue weighted by molar-refractivity contribution is 7.12. The van der Waals surface area contributed by atoms with Gasteiger partial charge in [-0.05, 0) is 50.6 Å². The monoisotopic (exact) mass is 290 g/mol.